The molecule has 0 atom stereocenters. The van der Waals surface area contributed by atoms with Crippen LogP contribution in [0.5, 0.6) is 0 Å². The van der Waals surface area contributed by atoms with Crippen molar-refractivity contribution in [2.75, 3.05) is 0 Å². The van der Waals surface area contributed by atoms with Crippen LogP contribution in [0.25, 0.3) is 17.1 Å². The summed E-state index contributed by atoms with van der Waals surface area (Å²) in [4.78, 5) is 22.5. The molecule has 2 aromatic heterocycles. The first-order chi connectivity index (χ1) is 15.0. The highest BCUT2D eigenvalue weighted by Crippen LogP contribution is 2.24. The number of nitrogens with zero attached hydrogens (tertiary/aromatic N) is 4. The van der Waals surface area contributed by atoms with Gasteiger partial charge in [-0.1, -0.05) is 18.2 Å². The molecule has 9 heteroatoms. The van der Waals surface area contributed by atoms with E-state index in [1.54, 1.807) is 10.9 Å². The zero-order valence-electron chi connectivity index (χ0n) is 16.4. The Morgan fingerprint density at radius 3 is 2.52 bits per heavy atom. The molecule has 0 radical (unpaired) electrons. The van der Waals surface area contributed by atoms with Crippen LogP contribution in [-0.2, 0) is 0 Å². The molecule has 0 bridgehead atoms. The Bertz CT molecular complexity index is 1260. The number of aromatic nitrogens is 2. The van der Waals surface area contributed by atoms with Crippen LogP contribution in [-0.4, -0.2) is 26.8 Å². The average Bonchev–Trinajstić information content (AvgIpc) is 3.40. The minimum atomic E-state index is -0.526. The molecular formula is C22H17N5O4. The van der Waals surface area contributed by atoms with Crippen molar-refractivity contribution < 1.29 is 14.1 Å². The van der Waals surface area contributed by atoms with Crippen LogP contribution < -0.4 is 5.43 Å². The highest BCUT2D eigenvalue weighted by molar-refractivity contribution is 5.95. The lowest BCUT2D eigenvalue weighted by Gasteiger charge is -1.99. The zero-order valence-corrected chi connectivity index (χ0v) is 16.4. The largest absolute Gasteiger partial charge is 0.460 e. The third kappa shape index (κ3) is 4.40. The van der Waals surface area contributed by atoms with Crippen LogP contribution in [0, 0.1) is 17.0 Å². The third-order valence-electron chi connectivity index (χ3n) is 4.45. The quantitative estimate of drug-likeness (QED) is 0.289. The van der Waals surface area contributed by atoms with Crippen LogP contribution in [0.4, 0.5) is 5.69 Å². The summed E-state index contributed by atoms with van der Waals surface area (Å²) in [6.07, 6.45) is 3.26. The third-order valence-corrected chi connectivity index (χ3v) is 4.45. The van der Waals surface area contributed by atoms with Crippen molar-refractivity contribution in [1.29, 1.82) is 0 Å². The van der Waals surface area contributed by atoms with Gasteiger partial charge in [0, 0.05) is 29.5 Å². The van der Waals surface area contributed by atoms with Crippen LogP contribution in [0.3, 0.4) is 0 Å². The van der Waals surface area contributed by atoms with Gasteiger partial charge in [-0.05, 0) is 43.3 Å². The van der Waals surface area contributed by atoms with Gasteiger partial charge in [0.25, 0.3) is 11.6 Å². The number of nitrogens with one attached hydrogen (secondary N) is 1. The maximum absolute atomic E-state index is 12.3. The smallest absolute Gasteiger partial charge is 0.271 e. The number of rotatable bonds is 6. The number of hydrogen-bond donors (Lipinski definition) is 1. The number of nitro benzene ring substituents is 1. The van der Waals surface area contributed by atoms with Gasteiger partial charge in [0.15, 0.2) is 5.76 Å². The summed E-state index contributed by atoms with van der Waals surface area (Å²) in [6.45, 7) is 1.84. The number of aryl methyl sites for hydroxylation is 1. The summed E-state index contributed by atoms with van der Waals surface area (Å²) < 4.78 is 7.41. The van der Waals surface area contributed by atoms with Crippen molar-refractivity contribution in [2.45, 2.75) is 6.92 Å². The Morgan fingerprint density at radius 2 is 1.87 bits per heavy atom. The SMILES string of the molecule is Cc1ccc(-c2nn(-c3ccccc3)cc2/C=N\NC(=O)c2ccc([N+](=O)[O-])cc2)o1. The number of non-ortho nitro benzene ring substituents is 1. The van der Waals surface area contributed by atoms with E-state index in [2.05, 4.69) is 15.6 Å². The molecule has 4 aromatic rings. The van der Waals surface area contributed by atoms with E-state index >= 15 is 0 Å². The number of carbonyl (C=O) groups is 1. The summed E-state index contributed by atoms with van der Waals surface area (Å²) in [5.74, 6) is 0.839. The second-order valence-corrected chi connectivity index (χ2v) is 6.63. The Hall–Kier alpha value is -4.53. The number of para-hydroxylation sites is 1. The molecule has 0 unspecified atom stereocenters. The molecule has 0 saturated carbocycles. The first-order valence-corrected chi connectivity index (χ1v) is 9.31. The average molecular weight is 415 g/mol. The fourth-order valence-corrected chi connectivity index (χ4v) is 2.91. The van der Waals surface area contributed by atoms with Gasteiger partial charge in [0.2, 0.25) is 0 Å². The number of nitro groups is 1. The Labute approximate surface area is 176 Å². The predicted molar refractivity (Wildman–Crippen MR) is 114 cm³/mol. The number of hydrazone groups is 1. The molecule has 0 aliphatic carbocycles. The van der Waals surface area contributed by atoms with Gasteiger partial charge in [-0.3, -0.25) is 14.9 Å². The zero-order chi connectivity index (χ0) is 21.8. The highest BCUT2D eigenvalue weighted by Gasteiger charge is 2.14. The van der Waals surface area contributed by atoms with Gasteiger partial charge >= 0.3 is 0 Å². The molecule has 0 spiro atoms. The highest BCUT2D eigenvalue weighted by atomic mass is 16.6. The van der Waals surface area contributed by atoms with E-state index in [9.17, 15) is 14.9 Å². The maximum atomic E-state index is 12.3. The van der Waals surface area contributed by atoms with Gasteiger partial charge in [-0.2, -0.15) is 10.2 Å². The van der Waals surface area contributed by atoms with Gasteiger partial charge in [-0.15, -0.1) is 0 Å². The predicted octanol–water partition coefficient (Wildman–Crippen LogP) is 4.11. The molecule has 2 heterocycles. The second kappa shape index (κ2) is 8.46. The van der Waals surface area contributed by atoms with E-state index in [0.717, 1.165) is 11.4 Å². The molecule has 2 aromatic carbocycles. The Kier molecular flexibility index (Phi) is 5.39. The fourth-order valence-electron chi connectivity index (χ4n) is 2.91. The Balaban J connectivity index is 1.58. The molecular weight excluding hydrogens is 398 g/mol. The van der Waals surface area contributed by atoms with E-state index in [-0.39, 0.29) is 11.3 Å². The van der Waals surface area contributed by atoms with Crippen molar-refractivity contribution in [3.05, 3.63) is 99.9 Å². The molecule has 154 valence electrons. The summed E-state index contributed by atoms with van der Waals surface area (Å²) in [5, 5.41) is 19.4. The number of carbonyl (C=O) groups excluding carboxylic acids is 1. The number of hydrogen-bond acceptors (Lipinski definition) is 6. The van der Waals surface area contributed by atoms with Gasteiger partial charge in [0.1, 0.15) is 11.5 Å². The van der Waals surface area contributed by atoms with Crippen LogP contribution >= 0.6 is 0 Å². The van der Waals surface area contributed by atoms with E-state index in [1.165, 1.54) is 30.5 Å². The number of furan rings is 1. The first kappa shape index (κ1) is 19.8. The molecule has 1 N–H and O–H groups in total. The van der Waals surface area contributed by atoms with Crippen molar-refractivity contribution in [1.82, 2.24) is 15.2 Å². The first-order valence-electron chi connectivity index (χ1n) is 9.31. The summed E-state index contributed by atoms with van der Waals surface area (Å²) in [5.41, 5.74) is 4.66. The lowest BCUT2D eigenvalue weighted by atomic mass is 10.2. The van der Waals surface area contributed by atoms with Crippen LogP contribution in [0.2, 0.25) is 0 Å². The van der Waals surface area contributed by atoms with Crippen molar-refractivity contribution in [3.63, 3.8) is 0 Å². The molecule has 0 aliphatic rings. The molecule has 0 saturated heterocycles. The number of benzene rings is 2. The molecule has 0 fully saturated rings. The lowest BCUT2D eigenvalue weighted by Crippen LogP contribution is -2.17. The summed E-state index contributed by atoms with van der Waals surface area (Å²) in [7, 11) is 0. The fraction of sp³-hybridized carbons (Fsp3) is 0.0455. The van der Waals surface area contributed by atoms with Crippen LogP contribution in [0.15, 0.2) is 82.4 Å². The van der Waals surface area contributed by atoms with E-state index in [1.807, 2.05) is 49.4 Å². The standard InChI is InChI=1S/C22H17N5O4/c1-15-7-12-20(31-15)21-17(14-26(25-21)18-5-3-2-4-6-18)13-23-24-22(28)16-8-10-19(11-9-16)27(29)30/h2-14H,1H3,(H,24,28)/b23-13-. The summed E-state index contributed by atoms with van der Waals surface area (Å²) in [6, 6.07) is 18.5. The van der Waals surface area contributed by atoms with Crippen molar-refractivity contribution in [2.24, 2.45) is 5.10 Å². The molecule has 4 rings (SSSR count). The minimum Gasteiger partial charge on any atom is -0.460 e. The molecule has 1 amide bonds. The topological polar surface area (TPSA) is 116 Å². The van der Waals surface area contributed by atoms with E-state index in [0.29, 0.717) is 17.0 Å². The molecule has 31 heavy (non-hydrogen) atoms. The molecule has 9 nitrogen and oxygen atoms in total. The normalized spacial score (nSPS) is 11.0. The van der Waals surface area contributed by atoms with Gasteiger partial charge in [-0.25, -0.2) is 10.1 Å². The van der Waals surface area contributed by atoms with Gasteiger partial charge < -0.3 is 4.42 Å². The second-order valence-electron chi connectivity index (χ2n) is 6.63. The van der Waals surface area contributed by atoms with E-state index < -0.39 is 10.8 Å². The molecule has 0 aliphatic heterocycles. The number of amides is 1. The Morgan fingerprint density at radius 1 is 1.13 bits per heavy atom. The van der Waals surface area contributed by atoms with Crippen LogP contribution in [0.1, 0.15) is 21.7 Å². The van der Waals surface area contributed by atoms with Gasteiger partial charge in [0.05, 0.1) is 16.8 Å². The van der Waals surface area contributed by atoms with E-state index in [4.69, 9.17) is 4.42 Å². The minimum absolute atomic E-state index is 0.0910. The van der Waals surface area contributed by atoms with Crippen molar-refractivity contribution in [3.8, 4) is 17.1 Å². The summed E-state index contributed by atoms with van der Waals surface area (Å²) >= 11 is 0. The maximum Gasteiger partial charge on any atom is 0.271 e. The lowest BCUT2D eigenvalue weighted by molar-refractivity contribution is -0.384. The van der Waals surface area contributed by atoms with Crippen molar-refractivity contribution >= 4 is 17.8 Å². The monoisotopic (exact) mass is 415 g/mol.